The fourth-order valence-electron chi connectivity index (χ4n) is 2.73. The van der Waals surface area contributed by atoms with Crippen LogP contribution >= 0.6 is 11.3 Å². The van der Waals surface area contributed by atoms with Crippen molar-refractivity contribution < 1.29 is 19.1 Å². The molecule has 0 aliphatic carbocycles. The van der Waals surface area contributed by atoms with Gasteiger partial charge < -0.3 is 9.47 Å². The second kappa shape index (κ2) is 7.51. The highest BCUT2D eigenvalue weighted by molar-refractivity contribution is 7.12. The van der Waals surface area contributed by atoms with Crippen LogP contribution in [0.5, 0.6) is 11.5 Å². The van der Waals surface area contributed by atoms with Crippen molar-refractivity contribution in [1.82, 2.24) is 10.9 Å². The number of thiophene rings is 1. The van der Waals surface area contributed by atoms with E-state index in [4.69, 9.17) is 9.47 Å². The lowest BCUT2D eigenvalue weighted by Gasteiger charge is -2.25. The molecule has 2 amide bonds. The number of amides is 2. The smallest absolute Gasteiger partial charge is 0.283 e. The molecule has 1 aliphatic rings. The molecule has 136 valence electrons. The average Bonchev–Trinajstić information content (AvgIpc) is 3.22. The molecule has 0 saturated heterocycles. The summed E-state index contributed by atoms with van der Waals surface area (Å²) in [6.07, 6.45) is -0.836. The van der Waals surface area contributed by atoms with E-state index >= 15 is 0 Å². The van der Waals surface area contributed by atoms with Gasteiger partial charge in [-0.2, -0.15) is 0 Å². The Morgan fingerprint density at radius 3 is 2.48 bits per heavy atom. The Hall–Kier alpha value is -3.32. The molecule has 2 N–H and O–H groups in total. The Morgan fingerprint density at radius 1 is 0.926 bits per heavy atom. The molecule has 0 bridgehead atoms. The average molecular weight is 380 g/mol. The Kier molecular flexibility index (Phi) is 4.76. The summed E-state index contributed by atoms with van der Waals surface area (Å²) in [5.41, 5.74) is 6.62. The molecule has 1 atom stereocenters. The number of para-hydroxylation sites is 2. The minimum Gasteiger partial charge on any atom is -0.485 e. The molecule has 6 nitrogen and oxygen atoms in total. The zero-order valence-electron chi connectivity index (χ0n) is 14.2. The van der Waals surface area contributed by atoms with Crippen molar-refractivity contribution in [2.24, 2.45) is 0 Å². The summed E-state index contributed by atoms with van der Waals surface area (Å²) in [4.78, 5) is 25.3. The molecule has 2 heterocycles. The number of carbonyl (C=O) groups is 2. The number of carbonyl (C=O) groups excluding carboxylic acids is 2. The number of nitrogens with one attached hydrogen (secondary N) is 2. The first-order valence-corrected chi connectivity index (χ1v) is 9.22. The lowest BCUT2D eigenvalue weighted by Crippen LogP contribution is -2.50. The molecule has 7 heteroatoms. The van der Waals surface area contributed by atoms with Crippen LogP contribution in [0, 0.1) is 0 Å². The van der Waals surface area contributed by atoms with Gasteiger partial charge >= 0.3 is 0 Å². The van der Waals surface area contributed by atoms with Crippen molar-refractivity contribution in [1.29, 1.82) is 0 Å². The SMILES string of the molecule is O=C(NNC(=O)C1COc2ccccc2O1)c1sccc1-c1ccccc1. The van der Waals surface area contributed by atoms with Gasteiger partial charge in [0.1, 0.15) is 11.5 Å². The Balaban J connectivity index is 1.39. The normalized spacial score (nSPS) is 15.0. The number of hydrazine groups is 1. The van der Waals surface area contributed by atoms with Crippen LogP contribution in [0.3, 0.4) is 0 Å². The largest absolute Gasteiger partial charge is 0.485 e. The summed E-state index contributed by atoms with van der Waals surface area (Å²) in [5.74, 6) is 0.238. The van der Waals surface area contributed by atoms with Gasteiger partial charge in [0.15, 0.2) is 11.5 Å². The first-order chi connectivity index (χ1) is 13.2. The highest BCUT2D eigenvalue weighted by atomic mass is 32.1. The number of rotatable bonds is 3. The summed E-state index contributed by atoms with van der Waals surface area (Å²) in [7, 11) is 0. The molecule has 2 aromatic carbocycles. The van der Waals surface area contributed by atoms with E-state index in [0.717, 1.165) is 11.1 Å². The summed E-state index contributed by atoms with van der Waals surface area (Å²) in [5, 5.41) is 1.84. The number of fused-ring (bicyclic) bond motifs is 1. The van der Waals surface area contributed by atoms with Crippen molar-refractivity contribution in [2.45, 2.75) is 6.10 Å². The van der Waals surface area contributed by atoms with Gasteiger partial charge in [-0.3, -0.25) is 20.4 Å². The molecular formula is C20H16N2O4S. The summed E-state index contributed by atoms with van der Waals surface area (Å²) < 4.78 is 11.1. The molecule has 27 heavy (non-hydrogen) atoms. The van der Waals surface area contributed by atoms with Crippen LogP contribution in [0.1, 0.15) is 9.67 Å². The second-order valence-corrected chi connectivity index (χ2v) is 6.75. The minimum atomic E-state index is -0.836. The van der Waals surface area contributed by atoms with E-state index in [9.17, 15) is 9.59 Å². The lowest BCUT2D eigenvalue weighted by atomic mass is 10.1. The van der Waals surface area contributed by atoms with Crippen LogP contribution in [-0.2, 0) is 4.79 Å². The zero-order chi connectivity index (χ0) is 18.6. The van der Waals surface area contributed by atoms with Crippen LogP contribution in [0.2, 0.25) is 0 Å². The summed E-state index contributed by atoms with van der Waals surface area (Å²) in [6, 6.07) is 18.6. The molecule has 3 aromatic rings. The van der Waals surface area contributed by atoms with Gasteiger partial charge in [0, 0.05) is 5.56 Å². The van der Waals surface area contributed by atoms with Gasteiger partial charge in [0.25, 0.3) is 11.8 Å². The number of hydrogen-bond acceptors (Lipinski definition) is 5. The number of hydrogen-bond donors (Lipinski definition) is 2. The topological polar surface area (TPSA) is 76.7 Å². The van der Waals surface area contributed by atoms with Gasteiger partial charge in [-0.15, -0.1) is 11.3 Å². The maximum Gasteiger partial charge on any atom is 0.283 e. The van der Waals surface area contributed by atoms with Gasteiger partial charge in [0.2, 0.25) is 6.10 Å². The van der Waals surface area contributed by atoms with Gasteiger partial charge in [-0.05, 0) is 29.1 Å². The standard InChI is InChI=1S/C20H16N2O4S/c23-19(17-12-25-15-8-4-5-9-16(15)26-17)21-22-20(24)18-14(10-11-27-18)13-6-2-1-3-7-13/h1-11,17H,12H2,(H,21,23)(H,22,24). The highest BCUT2D eigenvalue weighted by Crippen LogP contribution is 2.31. The second-order valence-electron chi connectivity index (χ2n) is 5.84. The maximum atomic E-state index is 12.5. The van der Waals surface area contributed by atoms with Crippen LogP contribution in [-0.4, -0.2) is 24.5 Å². The van der Waals surface area contributed by atoms with Crippen molar-refractivity contribution in [3.8, 4) is 22.6 Å². The van der Waals surface area contributed by atoms with Crippen molar-refractivity contribution in [2.75, 3.05) is 6.61 Å². The van der Waals surface area contributed by atoms with Crippen molar-refractivity contribution in [3.63, 3.8) is 0 Å². The van der Waals surface area contributed by atoms with E-state index in [-0.39, 0.29) is 12.5 Å². The molecule has 1 unspecified atom stereocenters. The third-order valence-electron chi connectivity index (χ3n) is 4.06. The van der Waals surface area contributed by atoms with Crippen LogP contribution in [0.4, 0.5) is 0 Å². The molecule has 1 aliphatic heterocycles. The van der Waals surface area contributed by atoms with Gasteiger partial charge in [-0.1, -0.05) is 42.5 Å². The highest BCUT2D eigenvalue weighted by Gasteiger charge is 2.27. The van der Waals surface area contributed by atoms with Crippen LogP contribution < -0.4 is 20.3 Å². The van der Waals surface area contributed by atoms with Crippen LogP contribution in [0.25, 0.3) is 11.1 Å². The molecule has 1 aromatic heterocycles. The maximum absolute atomic E-state index is 12.5. The van der Waals surface area contributed by atoms with E-state index in [1.165, 1.54) is 11.3 Å². The summed E-state index contributed by atoms with van der Waals surface area (Å²) in [6.45, 7) is 0.0764. The van der Waals surface area contributed by atoms with Crippen molar-refractivity contribution in [3.05, 3.63) is 70.9 Å². The monoisotopic (exact) mass is 380 g/mol. The van der Waals surface area contributed by atoms with E-state index < -0.39 is 12.0 Å². The predicted molar refractivity (Wildman–Crippen MR) is 102 cm³/mol. The van der Waals surface area contributed by atoms with Gasteiger partial charge in [0.05, 0.1) is 0 Å². The molecule has 0 saturated carbocycles. The quantitative estimate of drug-likeness (QED) is 0.685. The van der Waals surface area contributed by atoms with E-state index in [1.54, 1.807) is 18.2 Å². The number of ether oxygens (including phenoxy) is 2. The van der Waals surface area contributed by atoms with E-state index in [1.807, 2.05) is 47.8 Å². The van der Waals surface area contributed by atoms with Crippen molar-refractivity contribution >= 4 is 23.2 Å². The third kappa shape index (κ3) is 3.63. The summed E-state index contributed by atoms with van der Waals surface area (Å²) >= 11 is 1.31. The Morgan fingerprint density at radius 2 is 1.67 bits per heavy atom. The van der Waals surface area contributed by atoms with E-state index in [2.05, 4.69) is 10.9 Å². The van der Waals surface area contributed by atoms with Gasteiger partial charge in [-0.25, -0.2) is 0 Å². The minimum absolute atomic E-state index is 0.0764. The lowest BCUT2D eigenvalue weighted by molar-refractivity contribution is -0.131. The first-order valence-electron chi connectivity index (χ1n) is 8.34. The van der Waals surface area contributed by atoms with E-state index in [0.29, 0.717) is 16.4 Å². The fraction of sp³-hybridized carbons (Fsp3) is 0.100. The Labute approximate surface area is 159 Å². The molecule has 0 radical (unpaired) electrons. The third-order valence-corrected chi connectivity index (χ3v) is 4.97. The number of benzene rings is 2. The predicted octanol–water partition coefficient (Wildman–Crippen LogP) is 3.02. The zero-order valence-corrected chi connectivity index (χ0v) is 15.0. The Bertz CT molecular complexity index is 971. The molecule has 0 fully saturated rings. The molecule has 4 rings (SSSR count). The molecular weight excluding hydrogens is 364 g/mol. The fourth-order valence-corrected chi connectivity index (χ4v) is 3.55. The molecule has 0 spiro atoms. The van der Waals surface area contributed by atoms with Crippen LogP contribution in [0.15, 0.2) is 66.0 Å². The first kappa shape index (κ1) is 17.1.